The second-order valence-electron chi connectivity index (χ2n) is 8.45. The number of rotatable bonds is 22. The summed E-state index contributed by atoms with van der Waals surface area (Å²) in [7, 11) is 0. The molecule has 0 spiro atoms. The molecule has 0 heterocycles. The summed E-state index contributed by atoms with van der Waals surface area (Å²) in [5.74, 6) is -1.22. The maximum atomic E-state index is 11.6. The fourth-order valence-corrected chi connectivity index (χ4v) is 5.75. The van der Waals surface area contributed by atoms with Gasteiger partial charge < -0.3 is 0 Å². The van der Waals surface area contributed by atoms with Crippen LogP contribution >= 0.6 is 0 Å². The average molecular weight is 478 g/mol. The van der Waals surface area contributed by atoms with Crippen LogP contribution in [0.3, 0.4) is 0 Å². The molecule has 0 amide bonds. The molecule has 0 saturated carbocycles. The van der Waals surface area contributed by atoms with Crippen molar-refractivity contribution in [3.05, 3.63) is 0 Å². The van der Waals surface area contributed by atoms with E-state index in [9.17, 15) is 14.7 Å². The summed E-state index contributed by atoms with van der Waals surface area (Å²) < 4.78 is 0. The van der Waals surface area contributed by atoms with Crippen molar-refractivity contribution in [2.75, 3.05) is 0 Å². The van der Waals surface area contributed by atoms with Crippen LogP contribution in [-0.2, 0) is 9.59 Å². The molecule has 0 aromatic carbocycles. The zero-order chi connectivity index (χ0) is 21.7. The fourth-order valence-electron chi connectivity index (χ4n) is 3.88. The molecule has 29 heavy (non-hydrogen) atoms. The van der Waals surface area contributed by atoms with Crippen LogP contribution in [0.25, 0.3) is 0 Å². The Morgan fingerprint density at radius 3 is 1.48 bits per heavy atom. The van der Waals surface area contributed by atoms with Gasteiger partial charge in [-0.1, -0.05) is 6.92 Å². The summed E-state index contributed by atoms with van der Waals surface area (Å²) in [6.07, 6.45) is 20.8. The number of carboxylic acids is 2. The van der Waals surface area contributed by atoms with Crippen molar-refractivity contribution >= 4 is 26.9 Å². The first-order chi connectivity index (χ1) is 14.0. The van der Waals surface area contributed by atoms with Gasteiger partial charge in [0.05, 0.1) is 0 Å². The van der Waals surface area contributed by atoms with E-state index in [1.807, 2.05) is 0 Å². The maximum absolute atomic E-state index is 11.6. The van der Waals surface area contributed by atoms with Gasteiger partial charge in [0.2, 0.25) is 0 Å². The molecule has 2 N–H and O–H groups in total. The van der Waals surface area contributed by atoms with Gasteiger partial charge in [-0.3, -0.25) is 0 Å². The van der Waals surface area contributed by atoms with Crippen molar-refractivity contribution in [1.29, 1.82) is 0 Å². The predicted octanol–water partition coefficient (Wildman–Crippen LogP) is 7.35. The number of carboxylic acid groups (broad SMARTS) is 2. The third-order valence-corrected chi connectivity index (χ3v) is 8.20. The van der Waals surface area contributed by atoms with Crippen molar-refractivity contribution in [3.63, 3.8) is 0 Å². The van der Waals surface area contributed by atoms with Crippen molar-refractivity contribution in [2.24, 2.45) is 5.92 Å². The van der Waals surface area contributed by atoms with E-state index < -0.39 is 16.8 Å². The Balaban J connectivity index is 4.31. The van der Waals surface area contributed by atoms with Crippen LogP contribution in [0.5, 0.6) is 0 Å². The summed E-state index contributed by atoms with van der Waals surface area (Å²) in [5.41, 5.74) is 0. The Bertz CT molecular complexity index is 400. The van der Waals surface area contributed by atoms with Gasteiger partial charge in [-0.05, 0) is 0 Å². The van der Waals surface area contributed by atoms with Gasteiger partial charge in [-0.15, -0.1) is 0 Å². The van der Waals surface area contributed by atoms with E-state index in [4.69, 9.17) is 5.11 Å². The fraction of sp³-hybridized carbons (Fsp3) is 0.917. The van der Waals surface area contributed by atoms with Gasteiger partial charge in [-0.25, -0.2) is 0 Å². The normalized spacial score (nSPS) is 13.3. The third-order valence-electron chi connectivity index (χ3n) is 5.66. The zero-order valence-corrected chi connectivity index (χ0v) is 20.7. The number of hydrogen-bond donors (Lipinski definition) is 2. The molecule has 0 aromatic rings. The zero-order valence-electron chi connectivity index (χ0n) is 19.0. The molecule has 0 rings (SSSR count). The molecule has 2 atom stereocenters. The molecular formula is C24H46O4Se. The summed E-state index contributed by atoms with van der Waals surface area (Å²) >= 11 is -0.351. The standard InChI is InChI=1S/C24H46O4Se/c1-3-5-7-9-11-12-14-16-18-21(17-15-13-10-8-6-4-2)19-22(24(27)28)29-20-23(25)26/h21-22H,3-20H2,1-2H3,(H,25,26)(H,27,28). The van der Waals surface area contributed by atoms with E-state index in [1.54, 1.807) is 0 Å². The Morgan fingerprint density at radius 1 is 0.690 bits per heavy atom. The van der Waals surface area contributed by atoms with Crippen LogP contribution in [0.2, 0.25) is 10.1 Å². The second kappa shape index (κ2) is 20.7. The average Bonchev–Trinajstić information content (AvgIpc) is 2.68. The van der Waals surface area contributed by atoms with E-state index in [-0.39, 0.29) is 20.3 Å². The first-order valence-corrected chi connectivity index (χ1v) is 14.3. The minimum atomic E-state index is -0.869. The van der Waals surface area contributed by atoms with Gasteiger partial charge in [0.1, 0.15) is 0 Å². The van der Waals surface area contributed by atoms with E-state index in [0.29, 0.717) is 12.3 Å². The molecule has 0 aliphatic carbocycles. The first-order valence-electron chi connectivity index (χ1n) is 12.1. The first kappa shape index (κ1) is 28.5. The van der Waals surface area contributed by atoms with Gasteiger partial charge >= 0.3 is 179 Å². The van der Waals surface area contributed by atoms with Crippen LogP contribution in [0.1, 0.15) is 123 Å². The molecule has 0 aromatic heterocycles. The predicted molar refractivity (Wildman–Crippen MR) is 123 cm³/mol. The molecule has 0 aliphatic rings. The molecule has 172 valence electrons. The van der Waals surface area contributed by atoms with Gasteiger partial charge in [0.25, 0.3) is 0 Å². The van der Waals surface area contributed by atoms with Gasteiger partial charge in [0, 0.05) is 0 Å². The summed E-state index contributed by atoms with van der Waals surface area (Å²) in [6, 6.07) is 0. The number of aliphatic carboxylic acids is 2. The monoisotopic (exact) mass is 478 g/mol. The molecule has 0 radical (unpaired) electrons. The van der Waals surface area contributed by atoms with E-state index >= 15 is 0 Å². The molecule has 0 aliphatic heterocycles. The molecular weight excluding hydrogens is 431 g/mol. The number of unbranched alkanes of at least 4 members (excludes halogenated alkanes) is 12. The van der Waals surface area contributed by atoms with Crippen LogP contribution in [0.15, 0.2) is 0 Å². The number of hydrogen-bond acceptors (Lipinski definition) is 2. The third kappa shape index (κ3) is 19.2. The van der Waals surface area contributed by atoms with Gasteiger partial charge in [-0.2, -0.15) is 0 Å². The quantitative estimate of drug-likeness (QED) is 0.126. The molecule has 0 bridgehead atoms. The molecule has 0 fully saturated rings. The molecule has 2 unspecified atom stereocenters. The van der Waals surface area contributed by atoms with Crippen molar-refractivity contribution in [1.82, 2.24) is 0 Å². The summed E-state index contributed by atoms with van der Waals surface area (Å²) in [5, 5.41) is 18.5. The Morgan fingerprint density at radius 2 is 1.10 bits per heavy atom. The van der Waals surface area contributed by atoms with Crippen LogP contribution < -0.4 is 0 Å². The Hall–Kier alpha value is -0.541. The SMILES string of the molecule is CCCCCCCCCCC(CCCCCCCC)CC([Se]CC(=O)O)C(=O)O. The Kier molecular flexibility index (Phi) is 20.3. The van der Waals surface area contributed by atoms with Crippen molar-refractivity contribution in [3.8, 4) is 0 Å². The van der Waals surface area contributed by atoms with Crippen molar-refractivity contribution < 1.29 is 19.8 Å². The Labute approximate surface area is 185 Å². The van der Waals surface area contributed by atoms with Crippen LogP contribution in [-0.4, -0.2) is 37.1 Å². The molecule has 4 nitrogen and oxygen atoms in total. The van der Waals surface area contributed by atoms with E-state index in [2.05, 4.69) is 13.8 Å². The van der Waals surface area contributed by atoms with Crippen LogP contribution in [0.4, 0.5) is 0 Å². The second-order valence-corrected chi connectivity index (χ2v) is 11.0. The van der Waals surface area contributed by atoms with E-state index in [0.717, 1.165) is 12.8 Å². The van der Waals surface area contributed by atoms with Gasteiger partial charge in [0.15, 0.2) is 0 Å². The van der Waals surface area contributed by atoms with Crippen LogP contribution in [0, 0.1) is 5.92 Å². The van der Waals surface area contributed by atoms with E-state index in [1.165, 1.54) is 89.9 Å². The minimum absolute atomic E-state index is 0.0193. The topological polar surface area (TPSA) is 74.6 Å². The van der Waals surface area contributed by atoms with Crippen molar-refractivity contribution in [2.45, 2.75) is 133 Å². The molecule has 0 saturated heterocycles. The number of carbonyl (C=O) groups is 2. The summed E-state index contributed by atoms with van der Waals surface area (Å²) in [6.45, 7) is 4.47. The molecule has 5 heteroatoms. The summed E-state index contributed by atoms with van der Waals surface area (Å²) in [4.78, 5) is 22.0.